The molecule has 0 spiro atoms. The molecular formula is C28H24F3N3O5. The highest BCUT2D eigenvalue weighted by Gasteiger charge is 2.38. The minimum Gasteiger partial charge on any atom is -0.478 e. The van der Waals surface area contributed by atoms with Gasteiger partial charge in [-0.25, -0.2) is 14.6 Å². The fourth-order valence-electron chi connectivity index (χ4n) is 4.43. The van der Waals surface area contributed by atoms with Crippen LogP contribution in [0.2, 0.25) is 0 Å². The quantitative estimate of drug-likeness (QED) is 0.301. The van der Waals surface area contributed by atoms with Crippen LogP contribution in [-0.2, 0) is 16.1 Å². The number of aromatic nitrogens is 2. The highest BCUT2D eigenvalue weighted by Crippen LogP contribution is 2.31. The molecule has 4 aromatic rings. The number of aromatic carboxylic acids is 1. The molecule has 2 heterocycles. The van der Waals surface area contributed by atoms with Crippen molar-refractivity contribution in [1.82, 2.24) is 14.9 Å². The molecule has 0 bridgehead atoms. The molecule has 0 radical (unpaired) electrons. The van der Waals surface area contributed by atoms with Crippen LogP contribution >= 0.6 is 0 Å². The van der Waals surface area contributed by atoms with Gasteiger partial charge >= 0.3 is 18.1 Å². The van der Waals surface area contributed by atoms with Gasteiger partial charge in [-0.1, -0.05) is 48.5 Å². The number of rotatable bonds is 5. The van der Waals surface area contributed by atoms with Crippen molar-refractivity contribution in [2.45, 2.75) is 32.5 Å². The van der Waals surface area contributed by atoms with Crippen molar-refractivity contribution in [3.8, 4) is 22.3 Å². The van der Waals surface area contributed by atoms with E-state index < -0.39 is 18.1 Å². The van der Waals surface area contributed by atoms with Crippen LogP contribution in [-0.4, -0.2) is 55.6 Å². The van der Waals surface area contributed by atoms with E-state index in [4.69, 9.17) is 9.90 Å². The van der Waals surface area contributed by atoms with Crippen molar-refractivity contribution < 1.29 is 37.8 Å². The number of nitrogens with one attached hydrogen (secondary N) is 1. The Hall–Kier alpha value is -4.67. The normalized spacial score (nSPS) is 13.3. The van der Waals surface area contributed by atoms with Crippen molar-refractivity contribution in [3.05, 3.63) is 77.6 Å². The maximum absolute atomic E-state index is 12.1. The monoisotopic (exact) mass is 539 g/mol. The first kappa shape index (κ1) is 27.4. The van der Waals surface area contributed by atoms with Crippen LogP contribution in [0.5, 0.6) is 0 Å². The number of carbonyl (C=O) groups excluding carboxylic acids is 1. The number of benzene rings is 3. The second-order valence-electron chi connectivity index (χ2n) is 9.00. The van der Waals surface area contributed by atoms with Crippen LogP contribution in [0.25, 0.3) is 33.3 Å². The summed E-state index contributed by atoms with van der Waals surface area (Å²) in [4.78, 5) is 42.1. The van der Waals surface area contributed by atoms with Crippen LogP contribution in [0.1, 0.15) is 34.6 Å². The van der Waals surface area contributed by atoms with Crippen molar-refractivity contribution in [1.29, 1.82) is 0 Å². The minimum absolute atomic E-state index is 0.187. The summed E-state index contributed by atoms with van der Waals surface area (Å²) < 4.78 is 31.7. The SMILES string of the molecule is Cc1nc2c(C(=O)O)cc(-c3ccc(-c4ccccc4CN4CCCC4=O)cc3)cc2[nH]1.O=C(O)C(F)(F)F. The zero-order valence-electron chi connectivity index (χ0n) is 20.7. The van der Waals surface area contributed by atoms with E-state index in [9.17, 15) is 27.9 Å². The Morgan fingerprint density at radius 3 is 2.23 bits per heavy atom. The first-order chi connectivity index (χ1) is 18.4. The van der Waals surface area contributed by atoms with E-state index in [1.807, 2.05) is 54.3 Å². The van der Waals surface area contributed by atoms with E-state index >= 15 is 0 Å². The number of hydrogen-bond donors (Lipinski definition) is 3. The molecule has 1 fully saturated rings. The van der Waals surface area contributed by atoms with E-state index in [1.165, 1.54) is 0 Å². The lowest BCUT2D eigenvalue weighted by Crippen LogP contribution is -2.24. The fraction of sp³-hybridized carbons (Fsp3) is 0.214. The molecule has 5 rings (SSSR count). The number of aliphatic carboxylic acids is 1. The average molecular weight is 540 g/mol. The molecule has 202 valence electrons. The third-order valence-corrected chi connectivity index (χ3v) is 6.26. The van der Waals surface area contributed by atoms with E-state index in [2.05, 4.69) is 22.1 Å². The fourth-order valence-corrected chi connectivity index (χ4v) is 4.43. The number of likely N-dealkylation sites (tertiary alicyclic amines) is 1. The van der Waals surface area contributed by atoms with Gasteiger partial charge in [-0.2, -0.15) is 13.2 Å². The average Bonchev–Trinajstić information content (AvgIpc) is 3.47. The third kappa shape index (κ3) is 6.25. The number of carbonyl (C=O) groups is 3. The third-order valence-electron chi connectivity index (χ3n) is 6.26. The Labute approximate surface area is 220 Å². The number of hydrogen-bond acceptors (Lipinski definition) is 4. The van der Waals surface area contributed by atoms with E-state index in [-0.39, 0.29) is 11.5 Å². The summed E-state index contributed by atoms with van der Waals surface area (Å²) >= 11 is 0. The summed E-state index contributed by atoms with van der Waals surface area (Å²) in [6, 6.07) is 19.9. The first-order valence-electron chi connectivity index (χ1n) is 11.9. The number of carboxylic acid groups (broad SMARTS) is 2. The number of H-pyrrole nitrogens is 1. The first-order valence-corrected chi connectivity index (χ1v) is 11.9. The molecule has 0 saturated carbocycles. The highest BCUT2D eigenvalue weighted by atomic mass is 19.4. The Kier molecular flexibility index (Phi) is 7.70. The molecule has 1 saturated heterocycles. The molecule has 3 aromatic carbocycles. The van der Waals surface area contributed by atoms with Crippen molar-refractivity contribution in [2.75, 3.05) is 6.54 Å². The number of aromatic amines is 1. The predicted octanol–water partition coefficient (Wildman–Crippen LogP) is 5.66. The van der Waals surface area contributed by atoms with Gasteiger partial charge in [-0.15, -0.1) is 0 Å². The topological polar surface area (TPSA) is 124 Å². The number of fused-ring (bicyclic) bond motifs is 1. The van der Waals surface area contributed by atoms with Crippen LogP contribution in [0.3, 0.4) is 0 Å². The number of amides is 1. The minimum atomic E-state index is -5.08. The molecule has 8 nitrogen and oxygen atoms in total. The van der Waals surface area contributed by atoms with Gasteiger partial charge in [0.05, 0.1) is 11.1 Å². The second-order valence-corrected chi connectivity index (χ2v) is 9.00. The Morgan fingerprint density at radius 2 is 1.64 bits per heavy atom. The van der Waals surface area contributed by atoms with Gasteiger partial charge in [-0.3, -0.25) is 4.79 Å². The summed E-state index contributed by atoms with van der Waals surface area (Å²) in [5, 5.41) is 16.8. The van der Waals surface area contributed by atoms with Crippen LogP contribution in [0.15, 0.2) is 60.7 Å². The zero-order valence-corrected chi connectivity index (χ0v) is 20.7. The second kappa shape index (κ2) is 11.0. The number of alkyl halides is 3. The Balaban J connectivity index is 0.000000448. The van der Waals surface area contributed by atoms with Gasteiger partial charge in [0, 0.05) is 19.5 Å². The summed E-state index contributed by atoms with van der Waals surface area (Å²) in [6.45, 7) is 3.25. The van der Waals surface area contributed by atoms with Gasteiger partial charge in [0.2, 0.25) is 5.91 Å². The van der Waals surface area contributed by atoms with Gasteiger partial charge < -0.3 is 20.1 Å². The Bertz CT molecular complexity index is 1540. The maximum atomic E-state index is 12.1. The van der Waals surface area contributed by atoms with Crippen LogP contribution in [0.4, 0.5) is 13.2 Å². The van der Waals surface area contributed by atoms with E-state index in [1.54, 1.807) is 6.07 Å². The molecule has 0 unspecified atom stereocenters. The van der Waals surface area contributed by atoms with Crippen molar-refractivity contribution >= 4 is 28.9 Å². The molecule has 1 aliphatic rings. The summed E-state index contributed by atoms with van der Waals surface area (Å²) in [5.41, 5.74) is 6.41. The number of imidazole rings is 1. The molecule has 39 heavy (non-hydrogen) atoms. The van der Waals surface area contributed by atoms with Gasteiger partial charge in [0.15, 0.2) is 0 Å². The lowest BCUT2D eigenvalue weighted by molar-refractivity contribution is -0.192. The van der Waals surface area contributed by atoms with E-state index in [0.717, 1.165) is 40.8 Å². The zero-order chi connectivity index (χ0) is 28.3. The van der Waals surface area contributed by atoms with Crippen molar-refractivity contribution in [3.63, 3.8) is 0 Å². The lowest BCUT2D eigenvalue weighted by Gasteiger charge is -2.18. The van der Waals surface area contributed by atoms with Crippen LogP contribution in [0, 0.1) is 6.92 Å². The number of carboxylic acids is 2. The highest BCUT2D eigenvalue weighted by molar-refractivity contribution is 6.03. The summed E-state index contributed by atoms with van der Waals surface area (Å²) in [7, 11) is 0. The Morgan fingerprint density at radius 1 is 1.00 bits per heavy atom. The van der Waals surface area contributed by atoms with Gasteiger partial charge in [0.1, 0.15) is 11.3 Å². The molecular weight excluding hydrogens is 515 g/mol. The number of nitrogens with zero attached hydrogens (tertiary/aromatic N) is 2. The summed E-state index contributed by atoms with van der Waals surface area (Å²) in [6.07, 6.45) is -3.52. The molecule has 3 N–H and O–H groups in total. The molecule has 1 aliphatic heterocycles. The summed E-state index contributed by atoms with van der Waals surface area (Å²) in [5.74, 6) is -2.85. The number of aryl methyl sites for hydroxylation is 1. The predicted molar refractivity (Wildman–Crippen MR) is 137 cm³/mol. The standard InChI is InChI=1S/C26H23N3O3.C2HF3O2/c1-16-27-23-14-20(13-22(26(31)32)25(23)28-16)17-8-10-18(11-9-17)21-6-3-2-5-19(21)15-29-12-4-7-24(29)30;3-2(4,5)1(6)7/h2-3,5-6,8-11,13-14H,4,7,12,15H2,1H3,(H,27,28)(H,31,32);(H,6,7). The van der Waals surface area contributed by atoms with Crippen LogP contribution < -0.4 is 0 Å². The van der Waals surface area contributed by atoms with Gasteiger partial charge in [-0.05, 0) is 53.3 Å². The molecule has 0 atom stereocenters. The molecule has 0 aliphatic carbocycles. The molecule has 1 aromatic heterocycles. The largest absolute Gasteiger partial charge is 0.490 e. The number of halogens is 3. The van der Waals surface area contributed by atoms with Gasteiger partial charge in [0.25, 0.3) is 0 Å². The smallest absolute Gasteiger partial charge is 0.478 e. The maximum Gasteiger partial charge on any atom is 0.490 e. The molecule has 11 heteroatoms. The lowest BCUT2D eigenvalue weighted by atomic mass is 9.96. The molecule has 1 amide bonds. The van der Waals surface area contributed by atoms with Crippen molar-refractivity contribution in [2.24, 2.45) is 0 Å². The van der Waals surface area contributed by atoms with E-state index in [0.29, 0.717) is 29.8 Å².